The normalized spacial score (nSPS) is 11.3. The van der Waals surface area contributed by atoms with Crippen molar-refractivity contribution < 1.29 is 18.1 Å². The number of nitro groups is 1. The van der Waals surface area contributed by atoms with Crippen LogP contribution >= 0.6 is 0 Å². The molecule has 0 heterocycles. The Morgan fingerprint density at radius 1 is 1.09 bits per heavy atom. The molecule has 23 heavy (non-hydrogen) atoms. The van der Waals surface area contributed by atoms with Gasteiger partial charge >= 0.3 is 5.69 Å². The fourth-order valence-electron chi connectivity index (χ4n) is 1.95. The third kappa shape index (κ3) is 3.66. The molecule has 0 unspecified atom stereocenters. The first-order valence-corrected chi connectivity index (χ1v) is 8.20. The van der Waals surface area contributed by atoms with Crippen LogP contribution in [0, 0.1) is 24.0 Å². The van der Waals surface area contributed by atoms with Gasteiger partial charge in [-0.05, 0) is 50.2 Å². The van der Waals surface area contributed by atoms with Gasteiger partial charge in [-0.2, -0.15) is 0 Å². The highest BCUT2D eigenvalue weighted by atomic mass is 32.2. The third-order valence-corrected chi connectivity index (χ3v) is 4.68. The summed E-state index contributed by atoms with van der Waals surface area (Å²) in [6, 6.07) is 9.03. The van der Waals surface area contributed by atoms with Crippen molar-refractivity contribution in [1.82, 2.24) is 4.72 Å². The molecule has 0 aliphatic heterocycles. The number of nitrogens with zero attached hydrogens (tertiary/aromatic N) is 1. The van der Waals surface area contributed by atoms with Gasteiger partial charge in [-0.25, -0.2) is 13.1 Å². The Kier molecular flexibility index (Phi) is 4.67. The zero-order chi connectivity index (χ0) is 17.2. The second-order valence-electron chi connectivity index (χ2n) is 4.97. The second-order valence-corrected chi connectivity index (χ2v) is 6.85. The molecule has 0 atom stereocenters. The number of hydrogen-bond acceptors (Lipinski definition) is 5. The molecule has 0 saturated heterocycles. The summed E-state index contributed by atoms with van der Waals surface area (Å²) in [5.41, 5.74) is 1.35. The molecule has 0 radical (unpaired) electrons. The van der Waals surface area contributed by atoms with Crippen LogP contribution < -0.4 is 9.46 Å². The van der Waals surface area contributed by atoms with Crippen LogP contribution in [0.3, 0.4) is 0 Å². The standard InChI is InChI=1S/C15H16N2O5S/c1-10-4-5-11(2)15(8-10)22-14-7-6-12(23(20,21)16-3)9-13(14)17(18)19/h4-9,16H,1-3H3. The van der Waals surface area contributed by atoms with Crippen molar-refractivity contribution in [3.05, 3.63) is 57.6 Å². The zero-order valence-corrected chi connectivity index (χ0v) is 13.7. The third-order valence-electron chi connectivity index (χ3n) is 3.27. The maximum absolute atomic E-state index is 11.8. The highest BCUT2D eigenvalue weighted by Crippen LogP contribution is 2.34. The molecule has 0 aliphatic carbocycles. The number of aryl methyl sites for hydroxylation is 2. The van der Waals surface area contributed by atoms with Gasteiger partial charge in [0.15, 0.2) is 0 Å². The molecule has 0 fully saturated rings. The summed E-state index contributed by atoms with van der Waals surface area (Å²) in [6.45, 7) is 3.70. The van der Waals surface area contributed by atoms with Crippen LogP contribution in [0.2, 0.25) is 0 Å². The molecule has 122 valence electrons. The van der Waals surface area contributed by atoms with Crippen molar-refractivity contribution in [2.24, 2.45) is 0 Å². The van der Waals surface area contributed by atoms with Gasteiger partial charge < -0.3 is 4.74 Å². The highest BCUT2D eigenvalue weighted by molar-refractivity contribution is 7.89. The van der Waals surface area contributed by atoms with E-state index in [0.29, 0.717) is 5.75 Å². The van der Waals surface area contributed by atoms with Crippen LogP contribution in [0.1, 0.15) is 11.1 Å². The van der Waals surface area contributed by atoms with Crippen molar-refractivity contribution in [3.8, 4) is 11.5 Å². The van der Waals surface area contributed by atoms with Gasteiger partial charge in [-0.15, -0.1) is 0 Å². The Labute approximate surface area is 134 Å². The van der Waals surface area contributed by atoms with E-state index in [1.54, 1.807) is 6.07 Å². The summed E-state index contributed by atoms with van der Waals surface area (Å²) >= 11 is 0. The molecule has 7 nitrogen and oxygen atoms in total. The number of nitro benzene ring substituents is 1. The number of rotatable bonds is 5. The Balaban J connectivity index is 2.51. The monoisotopic (exact) mass is 336 g/mol. The fourth-order valence-corrected chi connectivity index (χ4v) is 2.70. The van der Waals surface area contributed by atoms with Gasteiger partial charge in [0.1, 0.15) is 5.75 Å². The van der Waals surface area contributed by atoms with Crippen molar-refractivity contribution >= 4 is 15.7 Å². The first-order chi connectivity index (χ1) is 10.7. The molecule has 0 aromatic heterocycles. The van der Waals surface area contributed by atoms with Crippen LogP contribution in [-0.2, 0) is 10.0 Å². The summed E-state index contributed by atoms with van der Waals surface area (Å²) in [4.78, 5) is 10.4. The van der Waals surface area contributed by atoms with Crippen molar-refractivity contribution in [1.29, 1.82) is 0 Å². The SMILES string of the molecule is CNS(=O)(=O)c1ccc(Oc2cc(C)ccc2C)c([N+](=O)[O-])c1. The minimum atomic E-state index is -3.77. The first kappa shape index (κ1) is 16.9. The molecule has 0 spiro atoms. The first-order valence-electron chi connectivity index (χ1n) is 6.71. The zero-order valence-electron chi connectivity index (χ0n) is 12.9. The average molecular weight is 336 g/mol. The van der Waals surface area contributed by atoms with E-state index in [1.807, 2.05) is 26.0 Å². The Hall–Kier alpha value is -2.45. The van der Waals surface area contributed by atoms with Crippen molar-refractivity contribution in [2.45, 2.75) is 18.7 Å². The minimum Gasteiger partial charge on any atom is -0.450 e. The lowest BCUT2D eigenvalue weighted by Crippen LogP contribution is -2.18. The molecule has 1 N–H and O–H groups in total. The predicted octanol–water partition coefficient (Wildman–Crippen LogP) is 2.91. The smallest absolute Gasteiger partial charge is 0.312 e. The lowest BCUT2D eigenvalue weighted by molar-refractivity contribution is -0.385. The molecule has 0 saturated carbocycles. The van der Waals surface area contributed by atoms with Gasteiger partial charge in [0.2, 0.25) is 15.8 Å². The molecule has 2 aromatic rings. The largest absolute Gasteiger partial charge is 0.450 e. The average Bonchev–Trinajstić information content (AvgIpc) is 2.51. The van der Waals surface area contributed by atoms with Crippen LogP contribution in [0.25, 0.3) is 0 Å². The lowest BCUT2D eigenvalue weighted by atomic mass is 10.1. The quantitative estimate of drug-likeness (QED) is 0.668. The number of benzene rings is 2. The number of ether oxygens (including phenoxy) is 1. The Morgan fingerprint density at radius 3 is 2.39 bits per heavy atom. The van der Waals surface area contributed by atoms with E-state index in [4.69, 9.17) is 4.74 Å². The maximum Gasteiger partial charge on any atom is 0.312 e. The van der Waals surface area contributed by atoms with E-state index in [-0.39, 0.29) is 10.6 Å². The van der Waals surface area contributed by atoms with Gasteiger partial charge in [-0.1, -0.05) is 12.1 Å². The van der Waals surface area contributed by atoms with Crippen LogP contribution in [0.4, 0.5) is 5.69 Å². The summed E-state index contributed by atoms with van der Waals surface area (Å²) in [5.74, 6) is 0.469. The van der Waals surface area contributed by atoms with E-state index < -0.39 is 20.6 Å². The van der Waals surface area contributed by atoms with Gasteiger partial charge in [0.25, 0.3) is 0 Å². The van der Waals surface area contributed by atoms with Gasteiger partial charge in [0, 0.05) is 6.07 Å². The van der Waals surface area contributed by atoms with E-state index in [9.17, 15) is 18.5 Å². The minimum absolute atomic E-state index is 0.0150. The van der Waals surface area contributed by atoms with Crippen LogP contribution in [0.5, 0.6) is 11.5 Å². The van der Waals surface area contributed by atoms with E-state index in [1.165, 1.54) is 19.2 Å². The highest BCUT2D eigenvalue weighted by Gasteiger charge is 2.22. The Morgan fingerprint density at radius 2 is 1.78 bits per heavy atom. The van der Waals surface area contributed by atoms with Gasteiger partial charge in [0.05, 0.1) is 9.82 Å². The maximum atomic E-state index is 11.8. The molecule has 0 bridgehead atoms. The second kappa shape index (κ2) is 6.35. The van der Waals surface area contributed by atoms with Crippen LogP contribution in [0.15, 0.2) is 41.3 Å². The molecule has 2 aromatic carbocycles. The molecule has 0 amide bonds. The summed E-state index contributed by atoms with van der Waals surface area (Å²) < 4.78 is 31.3. The van der Waals surface area contributed by atoms with Gasteiger partial charge in [-0.3, -0.25) is 10.1 Å². The number of nitrogens with one attached hydrogen (secondary N) is 1. The van der Waals surface area contributed by atoms with Crippen LogP contribution in [-0.4, -0.2) is 20.4 Å². The van der Waals surface area contributed by atoms with Crippen molar-refractivity contribution in [3.63, 3.8) is 0 Å². The van der Waals surface area contributed by atoms with Crippen molar-refractivity contribution in [2.75, 3.05) is 7.05 Å². The molecular formula is C15H16N2O5S. The fraction of sp³-hybridized carbons (Fsp3) is 0.200. The van der Waals surface area contributed by atoms with E-state index >= 15 is 0 Å². The lowest BCUT2D eigenvalue weighted by Gasteiger charge is -2.11. The van der Waals surface area contributed by atoms with E-state index in [2.05, 4.69) is 4.72 Å². The molecule has 2 rings (SSSR count). The molecule has 8 heteroatoms. The number of sulfonamides is 1. The van der Waals surface area contributed by atoms with E-state index in [0.717, 1.165) is 17.2 Å². The Bertz CT molecular complexity index is 862. The molecule has 0 aliphatic rings. The summed E-state index contributed by atoms with van der Waals surface area (Å²) in [6.07, 6.45) is 0. The molecular weight excluding hydrogens is 320 g/mol. The summed E-state index contributed by atoms with van der Waals surface area (Å²) in [5, 5.41) is 11.2. The predicted molar refractivity (Wildman–Crippen MR) is 85.3 cm³/mol. The topological polar surface area (TPSA) is 98.5 Å². The number of hydrogen-bond donors (Lipinski definition) is 1. The summed E-state index contributed by atoms with van der Waals surface area (Å²) in [7, 11) is -2.53.